The van der Waals surface area contributed by atoms with Crippen LogP contribution >= 0.6 is 0 Å². The van der Waals surface area contributed by atoms with Gasteiger partial charge in [0, 0.05) is 5.41 Å². The van der Waals surface area contributed by atoms with Crippen LogP contribution in [0.2, 0.25) is 0 Å². The number of hydrogen-bond acceptors (Lipinski definition) is 6. The zero-order chi connectivity index (χ0) is 17.0. The molecule has 23 heavy (non-hydrogen) atoms. The van der Waals surface area contributed by atoms with E-state index in [1.54, 1.807) is 31.4 Å². The van der Waals surface area contributed by atoms with Gasteiger partial charge in [-0.15, -0.1) is 0 Å². The van der Waals surface area contributed by atoms with Crippen LogP contribution in [-0.2, 0) is 19.1 Å². The molecule has 0 radical (unpaired) electrons. The van der Waals surface area contributed by atoms with Crippen molar-refractivity contribution in [2.24, 2.45) is 5.41 Å². The molecule has 6 heteroatoms. The highest BCUT2D eigenvalue weighted by Gasteiger charge is 2.47. The average molecular weight is 322 g/mol. The summed E-state index contributed by atoms with van der Waals surface area (Å²) in [4.78, 5) is 24.0. The lowest BCUT2D eigenvalue weighted by Crippen LogP contribution is -2.39. The molecule has 1 saturated heterocycles. The third-order valence-electron chi connectivity index (χ3n) is 3.72. The van der Waals surface area contributed by atoms with Crippen molar-refractivity contribution < 1.29 is 28.5 Å². The van der Waals surface area contributed by atoms with E-state index in [2.05, 4.69) is 0 Å². The van der Waals surface area contributed by atoms with Gasteiger partial charge in [0.05, 0.1) is 7.11 Å². The molecule has 0 saturated carbocycles. The van der Waals surface area contributed by atoms with Gasteiger partial charge in [-0.3, -0.25) is 0 Å². The first-order chi connectivity index (χ1) is 10.9. The molecule has 126 valence electrons. The lowest BCUT2D eigenvalue weighted by atomic mass is 9.90. The molecule has 0 unspecified atom stereocenters. The highest BCUT2D eigenvalue weighted by molar-refractivity contribution is 5.83. The average Bonchev–Trinajstić information content (AvgIpc) is 2.80. The molecule has 0 aromatic heterocycles. The Morgan fingerprint density at radius 1 is 1.30 bits per heavy atom. The second-order valence-electron chi connectivity index (χ2n) is 6.10. The van der Waals surface area contributed by atoms with Gasteiger partial charge in [-0.05, 0) is 30.7 Å². The molecule has 2 atom stereocenters. The topological polar surface area (TPSA) is 71.1 Å². The van der Waals surface area contributed by atoms with E-state index in [9.17, 15) is 9.59 Å². The van der Waals surface area contributed by atoms with E-state index < -0.39 is 29.6 Å². The molecule has 6 nitrogen and oxygen atoms in total. The van der Waals surface area contributed by atoms with Gasteiger partial charge in [0.1, 0.15) is 18.1 Å². The molecular formula is C17H22O6. The zero-order valence-electron chi connectivity index (χ0n) is 13.8. The molecule has 0 N–H and O–H groups in total. The predicted octanol–water partition coefficient (Wildman–Crippen LogP) is 2.35. The van der Waals surface area contributed by atoms with Crippen LogP contribution < -0.4 is 9.47 Å². The first-order valence-corrected chi connectivity index (χ1v) is 7.55. The van der Waals surface area contributed by atoms with Gasteiger partial charge in [0.2, 0.25) is 6.10 Å². The summed E-state index contributed by atoms with van der Waals surface area (Å²) >= 11 is 0. The second kappa shape index (κ2) is 6.89. The van der Waals surface area contributed by atoms with Crippen LogP contribution in [0.4, 0.5) is 0 Å². The van der Waals surface area contributed by atoms with Crippen LogP contribution in [0.15, 0.2) is 24.3 Å². The van der Waals surface area contributed by atoms with Crippen LogP contribution in [-0.4, -0.2) is 37.9 Å². The Morgan fingerprint density at radius 3 is 2.39 bits per heavy atom. The third-order valence-corrected chi connectivity index (χ3v) is 3.72. The number of carbonyl (C=O) groups is 2. The molecule has 1 heterocycles. The number of carbonyl (C=O) groups excluding carboxylic acids is 2. The Labute approximate surface area is 135 Å². The fourth-order valence-corrected chi connectivity index (χ4v) is 2.24. The lowest BCUT2D eigenvalue weighted by molar-refractivity contribution is -0.168. The van der Waals surface area contributed by atoms with Gasteiger partial charge in [-0.25, -0.2) is 9.59 Å². The Kier molecular flexibility index (Phi) is 5.13. The van der Waals surface area contributed by atoms with Gasteiger partial charge < -0.3 is 18.9 Å². The van der Waals surface area contributed by atoms with Gasteiger partial charge in [-0.1, -0.05) is 20.8 Å². The highest BCUT2D eigenvalue weighted by Crippen LogP contribution is 2.31. The molecule has 1 aromatic rings. The quantitative estimate of drug-likeness (QED) is 0.749. The van der Waals surface area contributed by atoms with Gasteiger partial charge in [0.25, 0.3) is 0 Å². The molecule has 2 rings (SSSR count). The molecule has 0 spiro atoms. The Bertz CT molecular complexity index is 563. The molecule has 0 bridgehead atoms. The fraction of sp³-hybridized carbons (Fsp3) is 0.529. The van der Waals surface area contributed by atoms with E-state index >= 15 is 0 Å². The minimum absolute atomic E-state index is 0.236. The highest BCUT2D eigenvalue weighted by atomic mass is 16.6. The van der Waals surface area contributed by atoms with Gasteiger partial charge in [-0.2, -0.15) is 0 Å². The number of benzene rings is 1. The van der Waals surface area contributed by atoms with E-state index in [0.717, 1.165) is 0 Å². The number of hydrogen-bond donors (Lipinski definition) is 0. The maximum absolute atomic E-state index is 12.3. The number of cyclic esters (lactones) is 1. The minimum atomic E-state index is -0.900. The summed E-state index contributed by atoms with van der Waals surface area (Å²) in [5.41, 5.74) is -0.537. The maximum Gasteiger partial charge on any atom is 0.348 e. The van der Waals surface area contributed by atoms with Crippen LogP contribution in [0.3, 0.4) is 0 Å². The third kappa shape index (κ3) is 3.94. The zero-order valence-corrected chi connectivity index (χ0v) is 13.8. The van der Waals surface area contributed by atoms with Crippen molar-refractivity contribution in [3.63, 3.8) is 0 Å². The molecule has 1 aromatic carbocycles. The fourth-order valence-electron chi connectivity index (χ4n) is 2.24. The van der Waals surface area contributed by atoms with Crippen molar-refractivity contribution >= 4 is 11.9 Å². The van der Waals surface area contributed by atoms with Crippen molar-refractivity contribution in [2.45, 2.75) is 39.4 Å². The van der Waals surface area contributed by atoms with E-state index in [-0.39, 0.29) is 6.61 Å². The number of methoxy groups -OCH3 is 1. The van der Waals surface area contributed by atoms with Gasteiger partial charge >= 0.3 is 11.9 Å². The molecule has 1 fully saturated rings. The number of ether oxygens (including phenoxy) is 4. The van der Waals surface area contributed by atoms with Crippen LogP contribution in [0.25, 0.3) is 0 Å². The molecule has 0 amide bonds. The number of esters is 2. The Morgan fingerprint density at radius 2 is 1.91 bits per heavy atom. The van der Waals surface area contributed by atoms with Gasteiger partial charge in [0.15, 0.2) is 6.10 Å². The maximum atomic E-state index is 12.3. The monoisotopic (exact) mass is 322 g/mol. The summed E-state index contributed by atoms with van der Waals surface area (Å²) in [6.45, 7) is 5.69. The second-order valence-corrected chi connectivity index (χ2v) is 6.10. The predicted molar refractivity (Wildman–Crippen MR) is 82.3 cm³/mol. The van der Waals surface area contributed by atoms with Crippen molar-refractivity contribution in [2.75, 3.05) is 13.7 Å². The molecule has 1 aliphatic rings. The molecule has 1 aliphatic heterocycles. The van der Waals surface area contributed by atoms with Crippen molar-refractivity contribution in [1.29, 1.82) is 0 Å². The van der Waals surface area contributed by atoms with E-state index in [1.165, 1.54) is 0 Å². The standard InChI is InChI=1S/C17H22O6/c1-5-13(22-12-8-6-11(20-4)7-9-12)15(18)23-14-16(19)21-10-17(14,2)3/h6-9,13-14H,5,10H2,1-4H3/t13-,14-/m0/s1. The van der Waals surface area contributed by atoms with E-state index in [4.69, 9.17) is 18.9 Å². The van der Waals surface area contributed by atoms with Crippen LogP contribution in [0, 0.1) is 5.41 Å². The van der Waals surface area contributed by atoms with Crippen LogP contribution in [0.1, 0.15) is 27.2 Å². The lowest BCUT2D eigenvalue weighted by Gasteiger charge is -2.24. The summed E-state index contributed by atoms with van der Waals surface area (Å²) in [6.07, 6.45) is -1.26. The first kappa shape index (κ1) is 17.1. The smallest absolute Gasteiger partial charge is 0.348 e. The van der Waals surface area contributed by atoms with Crippen LogP contribution in [0.5, 0.6) is 11.5 Å². The summed E-state index contributed by atoms with van der Waals surface area (Å²) in [7, 11) is 1.57. The Hall–Kier alpha value is -2.24. The van der Waals surface area contributed by atoms with Crippen molar-refractivity contribution in [3.05, 3.63) is 24.3 Å². The number of rotatable bonds is 6. The van der Waals surface area contributed by atoms with E-state index in [1.807, 2.05) is 20.8 Å². The SMILES string of the molecule is CC[C@H](Oc1ccc(OC)cc1)C(=O)O[C@H]1C(=O)OCC1(C)C. The van der Waals surface area contributed by atoms with Crippen molar-refractivity contribution in [1.82, 2.24) is 0 Å². The largest absolute Gasteiger partial charge is 0.497 e. The molecular weight excluding hydrogens is 300 g/mol. The summed E-state index contributed by atoms with van der Waals surface area (Å²) in [5.74, 6) is 0.147. The molecule has 0 aliphatic carbocycles. The minimum Gasteiger partial charge on any atom is -0.497 e. The first-order valence-electron chi connectivity index (χ1n) is 7.55. The normalized spacial score (nSPS) is 20.5. The van der Waals surface area contributed by atoms with Crippen molar-refractivity contribution in [3.8, 4) is 11.5 Å². The summed E-state index contributed by atoms with van der Waals surface area (Å²) in [6, 6.07) is 6.90. The van der Waals surface area contributed by atoms with E-state index in [0.29, 0.717) is 17.9 Å². The summed E-state index contributed by atoms with van der Waals surface area (Å²) in [5, 5.41) is 0. The Balaban J connectivity index is 2.02. The summed E-state index contributed by atoms with van der Waals surface area (Å²) < 4.78 is 21.0.